The number of anilines is 2. The van der Waals surface area contributed by atoms with Gasteiger partial charge in [0.25, 0.3) is 11.8 Å². The second-order valence-corrected chi connectivity index (χ2v) is 11.1. The summed E-state index contributed by atoms with van der Waals surface area (Å²) in [6.45, 7) is 4.15. The van der Waals surface area contributed by atoms with Gasteiger partial charge in [-0.05, 0) is 98.0 Å². The number of nitrogens with one attached hydrogen (secondary N) is 2. The van der Waals surface area contributed by atoms with E-state index in [9.17, 15) is 9.59 Å². The number of carbonyl (C=O) groups is 2. The minimum absolute atomic E-state index is 0.106. The fourth-order valence-electron chi connectivity index (χ4n) is 4.92. The molecule has 204 valence electrons. The topological polar surface area (TPSA) is 74.3 Å². The fourth-order valence-corrected chi connectivity index (χ4v) is 5.82. The van der Waals surface area contributed by atoms with Crippen LogP contribution in [0.3, 0.4) is 0 Å². The van der Waals surface area contributed by atoms with E-state index in [-0.39, 0.29) is 11.8 Å². The number of thioether (sulfide) groups is 1. The van der Waals surface area contributed by atoms with Crippen LogP contribution in [0.5, 0.6) is 0 Å². The van der Waals surface area contributed by atoms with Gasteiger partial charge in [0.2, 0.25) is 0 Å². The average Bonchev–Trinajstić information content (AvgIpc) is 3.00. The molecule has 1 aliphatic rings. The molecular weight excluding hydrogens is 516 g/mol. The minimum Gasteiger partial charge on any atom is -0.372 e. The Bertz CT molecular complexity index is 1510. The van der Waals surface area contributed by atoms with Gasteiger partial charge in [0.15, 0.2) is 0 Å². The van der Waals surface area contributed by atoms with Crippen molar-refractivity contribution in [1.82, 2.24) is 10.3 Å². The van der Waals surface area contributed by atoms with Gasteiger partial charge in [0.05, 0.1) is 11.4 Å². The highest BCUT2D eigenvalue weighted by molar-refractivity contribution is 7.98. The zero-order chi connectivity index (χ0) is 27.9. The molecule has 1 aromatic heterocycles. The van der Waals surface area contributed by atoms with E-state index in [2.05, 4.69) is 45.6 Å². The summed E-state index contributed by atoms with van der Waals surface area (Å²) in [7, 11) is 1.63. The molecule has 3 aromatic carbocycles. The number of amides is 2. The summed E-state index contributed by atoms with van der Waals surface area (Å²) >= 11 is 1.63. The van der Waals surface area contributed by atoms with Crippen molar-refractivity contribution in [3.8, 4) is 11.3 Å². The molecule has 1 fully saturated rings. The zero-order valence-corrected chi connectivity index (χ0v) is 23.8. The largest absolute Gasteiger partial charge is 0.372 e. The Morgan fingerprint density at radius 3 is 2.42 bits per heavy atom. The van der Waals surface area contributed by atoms with E-state index in [0.717, 1.165) is 51.7 Å². The van der Waals surface area contributed by atoms with Gasteiger partial charge in [-0.3, -0.25) is 14.6 Å². The third-order valence-corrected chi connectivity index (χ3v) is 8.15. The number of carbonyl (C=O) groups excluding carboxylic acids is 2. The van der Waals surface area contributed by atoms with Crippen molar-refractivity contribution in [3.05, 3.63) is 107 Å². The molecule has 2 N–H and O–H groups in total. The molecule has 0 spiro atoms. The van der Waals surface area contributed by atoms with E-state index < -0.39 is 0 Å². The molecule has 2 amide bonds. The number of hydrogen-bond acceptors (Lipinski definition) is 5. The smallest absolute Gasteiger partial charge is 0.255 e. The molecule has 0 saturated carbocycles. The molecule has 0 atom stereocenters. The van der Waals surface area contributed by atoms with Crippen LogP contribution in [0.25, 0.3) is 11.3 Å². The SMILES string of the molecule is CNC(=O)c1cccc(SCc2cccc(C(=O)Nc3ccc(N4CCCCC4)cc3-c3cc(C)ccn3)c2)c1. The number of benzene rings is 3. The summed E-state index contributed by atoms with van der Waals surface area (Å²) < 4.78 is 0. The minimum atomic E-state index is -0.159. The maximum absolute atomic E-state index is 13.4. The number of pyridine rings is 1. The lowest BCUT2D eigenvalue weighted by Gasteiger charge is -2.29. The van der Waals surface area contributed by atoms with Crippen LogP contribution in [0.15, 0.2) is 90.0 Å². The Morgan fingerprint density at radius 1 is 0.875 bits per heavy atom. The summed E-state index contributed by atoms with van der Waals surface area (Å²) in [6, 6.07) is 25.5. The van der Waals surface area contributed by atoms with Gasteiger partial charge in [-0.1, -0.05) is 18.2 Å². The molecule has 4 aromatic rings. The van der Waals surface area contributed by atoms with Gasteiger partial charge in [-0.15, -0.1) is 11.8 Å². The Morgan fingerprint density at radius 2 is 1.65 bits per heavy atom. The molecule has 0 bridgehead atoms. The third kappa shape index (κ3) is 6.72. The van der Waals surface area contributed by atoms with Crippen molar-refractivity contribution in [3.63, 3.8) is 0 Å². The Hall–Kier alpha value is -4.10. The number of aromatic nitrogens is 1. The van der Waals surface area contributed by atoms with Crippen molar-refractivity contribution in [1.29, 1.82) is 0 Å². The molecule has 7 heteroatoms. The van der Waals surface area contributed by atoms with Crippen LogP contribution >= 0.6 is 11.8 Å². The summed E-state index contributed by atoms with van der Waals surface area (Å²) in [5.41, 5.74) is 7.05. The van der Waals surface area contributed by atoms with Gasteiger partial charge in [-0.2, -0.15) is 0 Å². The van der Waals surface area contributed by atoms with E-state index in [1.54, 1.807) is 24.9 Å². The Labute approximate surface area is 240 Å². The third-order valence-electron chi connectivity index (χ3n) is 7.08. The lowest BCUT2D eigenvalue weighted by Crippen LogP contribution is -2.29. The Kier molecular flexibility index (Phi) is 8.81. The fraction of sp³-hybridized carbons (Fsp3) is 0.242. The van der Waals surface area contributed by atoms with Gasteiger partial charge in [0.1, 0.15) is 0 Å². The molecule has 0 radical (unpaired) electrons. The first kappa shape index (κ1) is 27.5. The van der Waals surface area contributed by atoms with Crippen molar-refractivity contribution < 1.29 is 9.59 Å². The maximum atomic E-state index is 13.4. The summed E-state index contributed by atoms with van der Waals surface area (Å²) in [4.78, 5) is 33.5. The first-order valence-corrected chi connectivity index (χ1v) is 14.7. The second-order valence-electron chi connectivity index (χ2n) is 10.0. The predicted octanol–water partition coefficient (Wildman–Crippen LogP) is 6.95. The molecule has 0 aliphatic carbocycles. The molecule has 1 aliphatic heterocycles. The number of hydrogen-bond donors (Lipinski definition) is 2. The molecule has 6 nitrogen and oxygen atoms in total. The van der Waals surface area contributed by atoms with E-state index in [4.69, 9.17) is 0 Å². The van der Waals surface area contributed by atoms with Crippen molar-refractivity contribution in [2.75, 3.05) is 30.4 Å². The van der Waals surface area contributed by atoms with Gasteiger partial charge in [0, 0.05) is 59.4 Å². The van der Waals surface area contributed by atoms with Gasteiger partial charge < -0.3 is 15.5 Å². The maximum Gasteiger partial charge on any atom is 0.255 e. The monoisotopic (exact) mass is 550 g/mol. The van der Waals surface area contributed by atoms with Crippen LogP contribution in [-0.2, 0) is 5.75 Å². The van der Waals surface area contributed by atoms with Crippen LogP contribution < -0.4 is 15.5 Å². The predicted molar refractivity (Wildman–Crippen MR) is 164 cm³/mol. The molecule has 0 unspecified atom stereocenters. The van der Waals surface area contributed by atoms with E-state index >= 15 is 0 Å². The van der Waals surface area contributed by atoms with Gasteiger partial charge >= 0.3 is 0 Å². The number of nitrogens with zero attached hydrogens (tertiary/aromatic N) is 2. The number of piperidine rings is 1. The highest BCUT2D eigenvalue weighted by atomic mass is 32.2. The highest BCUT2D eigenvalue weighted by Gasteiger charge is 2.17. The van der Waals surface area contributed by atoms with Crippen molar-refractivity contribution >= 4 is 35.0 Å². The van der Waals surface area contributed by atoms with Crippen molar-refractivity contribution in [2.45, 2.75) is 36.8 Å². The van der Waals surface area contributed by atoms with E-state index in [1.165, 1.54) is 19.3 Å². The highest BCUT2D eigenvalue weighted by Crippen LogP contribution is 2.33. The Balaban J connectivity index is 1.35. The van der Waals surface area contributed by atoms with Crippen LogP contribution in [0.1, 0.15) is 51.1 Å². The number of aryl methyl sites for hydroxylation is 1. The molecule has 40 heavy (non-hydrogen) atoms. The quantitative estimate of drug-likeness (QED) is 0.232. The first-order valence-electron chi connectivity index (χ1n) is 13.7. The normalized spacial score (nSPS) is 13.1. The van der Waals surface area contributed by atoms with Crippen LogP contribution in [-0.4, -0.2) is 36.9 Å². The van der Waals surface area contributed by atoms with Crippen molar-refractivity contribution in [2.24, 2.45) is 0 Å². The zero-order valence-electron chi connectivity index (χ0n) is 22.9. The lowest BCUT2D eigenvalue weighted by molar-refractivity contribution is 0.0962. The lowest BCUT2D eigenvalue weighted by atomic mass is 10.0. The summed E-state index contributed by atoms with van der Waals surface area (Å²) in [5.74, 6) is 0.416. The van der Waals surface area contributed by atoms with E-state index in [1.807, 2.05) is 60.8 Å². The molecular formula is C33H34N4O2S. The standard InChI is InChI=1S/C33H34N4O2S/c1-23-14-15-35-31(18-23)29-21-27(37-16-4-3-5-17-37)12-13-30(29)36-33(39)25-9-6-8-24(19-25)22-40-28-11-7-10-26(20-28)32(38)34-2/h6-15,18-21H,3-5,16-17,22H2,1-2H3,(H,34,38)(H,36,39). The van der Waals surface area contributed by atoms with Crippen LogP contribution in [0.2, 0.25) is 0 Å². The van der Waals surface area contributed by atoms with Crippen LogP contribution in [0.4, 0.5) is 11.4 Å². The van der Waals surface area contributed by atoms with E-state index in [0.29, 0.717) is 16.9 Å². The molecule has 5 rings (SSSR count). The molecule has 1 saturated heterocycles. The second kappa shape index (κ2) is 12.8. The summed E-state index contributed by atoms with van der Waals surface area (Å²) in [5, 5.41) is 5.81. The molecule has 2 heterocycles. The summed E-state index contributed by atoms with van der Waals surface area (Å²) in [6.07, 6.45) is 5.49. The first-order chi connectivity index (χ1) is 19.5. The number of rotatable bonds is 8. The van der Waals surface area contributed by atoms with Crippen LogP contribution in [0, 0.1) is 6.92 Å². The van der Waals surface area contributed by atoms with Gasteiger partial charge in [-0.25, -0.2) is 0 Å². The average molecular weight is 551 g/mol.